The smallest absolute Gasteiger partial charge is 0.344 e. The summed E-state index contributed by atoms with van der Waals surface area (Å²) in [6.07, 6.45) is 0. The molecule has 6 heteroatoms. The van der Waals surface area contributed by atoms with Gasteiger partial charge >= 0.3 is 17.9 Å². The van der Waals surface area contributed by atoms with E-state index in [0.29, 0.717) is 0 Å². The molecule has 0 spiro atoms. The molecule has 104 valence electrons. The molecule has 0 fully saturated rings. The topological polar surface area (TPSA) is 89.9 Å². The van der Waals surface area contributed by atoms with E-state index in [1.54, 1.807) is 0 Å². The van der Waals surface area contributed by atoms with Gasteiger partial charge in [-0.25, -0.2) is 14.4 Å². The molecule has 0 amide bonds. The van der Waals surface area contributed by atoms with E-state index in [1.165, 1.54) is 36.4 Å². The van der Waals surface area contributed by atoms with Gasteiger partial charge in [0.15, 0.2) is 0 Å². The van der Waals surface area contributed by atoms with Gasteiger partial charge in [0.25, 0.3) is 0 Å². The minimum absolute atomic E-state index is 0.0357. The zero-order chi connectivity index (χ0) is 15.0. The summed E-state index contributed by atoms with van der Waals surface area (Å²) < 4.78 is 10.2. The average Bonchev–Trinajstić information content (AvgIpc) is 2.47. The molecule has 0 atom stereocenters. The first-order chi connectivity index (χ1) is 10.0. The third-order valence-electron chi connectivity index (χ3n) is 2.95. The third-order valence-corrected chi connectivity index (χ3v) is 2.95. The van der Waals surface area contributed by atoms with Crippen molar-refractivity contribution in [2.45, 2.75) is 0 Å². The van der Waals surface area contributed by atoms with Gasteiger partial charge in [0.1, 0.15) is 11.5 Å². The molecular formula is C15H8O6. The highest BCUT2D eigenvalue weighted by Crippen LogP contribution is 2.23. The van der Waals surface area contributed by atoms with E-state index in [2.05, 4.69) is 0 Å². The van der Waals surface area contributed by atoms with E-state index >= 15 is 0 Å². The second-order valence-corrected chi connectivity index (χ2v) is 4.32. The standard InChI is InChI=1S/C15H8O6/c16-13(17)12-7-8-1-6-11(12)15(19)21-10-4-2-9(3-5-10)20-14(8)18/h1-7H,(H,16,17). The van der Waals surface area contributed by atoms with Crippen LogP contribution in [-0.4, -0.2) is 23.0 Å². The highest BCUT2D eigenvalue weighted by Gasteiger charge is 2.22. The van der Waals surface area contributed by atoms with Crippen molar-refractivity contribution < 1.29 is 29.0 Å². The van der Waals surface area contributed by atoms with Crippen molar-refractivity contribution in [3.8, 4) is 11.5 Å². The van der Waals surface area contributed by atoms with Crippen molar-refractivity contribution in [3.63, 3.8) is 0 Å². The summed E-state index contributed by atoms with van der Waals surface area (Å²) in [6.45, 7) is 0. The Kier molecular flexibility index (Phi) is 2.91. The summed E-state index contributed by atoms with van der Waals surface area (Å²) in [7, 11) is 0. The molecule has 0 saturated heterocycles. The van der Waals surface area contributed by atoms with E-state index in [0.717, 1.165) is 6.07 Å². The van der Waals surface area contributed by atoms with Crippen LogP contribution in [-0.2, 0) is 0 Å². The Hall–Kier alpha value is -3.15. The molecule has 4 bridgehead atoms. The van der Waals surface area contributed by atoms with Crippen LogP contribution in [0.25, 0.3) is 0 Å². The van der Waals surface area contributed by atoms with Gasteiger partial charge in [0.2, 0.25) is 0 Å². The number of ether oxygens (including phenoxy) is 2. The van der Waals surface area contributed by atoms with Crippen LogP contribution < -0.4 is 9.47 Å². The van der Waals surface area contributed by atoms with Gasteiger partial charge in [0.05, 0.1) is 16.7 Å². The quantitative estimate of drug-likeness (QED) is 0.637. The Balaban J connectivity index is 2.20. The number of carbonyl (C=O) groups is 3. The number of carbonyl (C=O) groups excluding carboxylic acids is 2. The third kappa shape index (κ3) is 2.34. The van der Waals surface area contributed by atoms with Crippen LogP contribution in [0.4, 0.5) is 0 Å². The van der Waals surface area contributed by atoms with Crippen LogP contribution in [0.15, 0.2) is 42.5 Å². The normalized spacial score (nSPS) is 13.1. The molecule has 2 aromatic rings. The number of hydrogen-bond donors (Lipinski definition) is 1. The second kappa shape index (κ2) is 4.75. The van der Waals surface area contributed by atoms with Gasteiger partial charge in [-0.2, -0.15) is 0 Å². The number of rotatable bonds is 1. The largest absolute Gasteiger partial charge is 0.478 e. The lowest BCUT2D eigenvalue weighted by Crippen LogP contribution is -2.17. The van der Waals surface area contributed by atoms with Gasteiger partial charge in [-0.1, -0.05) is 0 Å². The molecule has 6 rings (SSSR count). The van der Waals surface area contributed by atoms with Crippen LogP contribution in [0, 0.1) is 0 Å². The van der Waals surface area contributed by atoms with E-state index in [-0.39, 0.29) is 28.2 Å². The lowest BCUT2D eigenvalue weighted by molar-refractivity contribution is 0.0666. The number of benzene rings is 2. The monoisotopic (exact) mass is 284 g/mol. The minimum Gasteiger partial charge on any atom is -0.478 e. The summed E-state index contributed by atoms with van der Waals surface area (Å²) in [5.41, 5.74) is -0.415. The van der Waals surface area contributed by atoms with Gasteiger partial charge < -0.3 is 14.6 Å². The number of hydrogen-bond acceptors (Lipinski definition) is 5. The van der Waals surface area contributed by atoms with Crippen LogP contribution in [0.5, 0.6) is 11.5 Å². The zero-order valence-corrected chi connectivity index (χ0v) is 10.5. The van der Waals surface area contributed by atoms with Crippen molar-refractivity contribution in [2.24, 2.45) is 0 Å². The highest BCUT2D eigenvalue weighted by atomic mass is 16.5. The minimum atomic E-state index is -1.33. The number of carboxylic acids is 1. The van der Waals surface area contributed by atoms with Crippen LogP contribution in [0.2, 0.25) is 0 Å². The number of carboxylic acid groups (broad SMARTS) is 1. The SMILES string of the molecule is O=C1Oc2ccc(cc2)OC(=O)c2ccc1cc2C(=O)O. The van der Waals surface area contributed by atoms with Crippen molar-refractivity contribution in [3.05, 3.63) is 59.2 Å². The van der Waals surface area contributed by atoms with E-state index < -0.39 is 17.9 Å². The summed E-state index contributed by atoms with van der Waals surface area (Å²) in [6, 6.07) is 9.51. The lowest BCUT2D eigenvalue weighted by Gasteiger charge is -2.11. The molecule has 0 aromatic heterocycles. The molecule has 4 aliphatic rings. The number of aromatic carboxylic acids is 1. The van der Waals surface area contributed by atoms with Gasteiger partial charge in [-0.3, -0.25) is 0 Å². The molecule has 0 radical (unpaired) electrons. The molecule has 1 N–H and O–H groups in total. The highest BCUT2D eigenvalue weighted by molar-refractivity contribution is 6.05. The Bertz CT molecular complexity index is 760. The Morgan fingerprint density at radius 3 is 2.00 bits per heavy atom. The Labute approximate surface area is 118 Å². The van der Waals surface area contributed by atoms with Gasteiger partial charge in [-0.15, -0.1) is 0 Å². The first-order valence-electron chi connectivity index (χ1n) is 5.96. The summed E-state index contributed by atoms with van der Waals surface area (Å²) in [5, 5.41) is 9.16. The van der Waals surface area contributed by atoms with Crippen molar-refractivity contribution in [1.29, 1.82) is 0 Å². The first kappa shape index (κ1) is 12.9. The van der Waals surface area contributed by atoms with Gasteiger partial charge in [-0.05, 0) is 42.5 Å². The molecule has 4 heterocycles. The lowest BCUT2D eigenvalue weighted by atomic mass is 10.0. The molecule has 0 unspecified atom stereocenters. The molecule has 6 nitrogen and oxygen atoms in total. The van der Waals surface area contributed by atoms with Crippen molar-refractivity contribution in [1.82, 2.24) is 0 Å². The van der Waals surface area contributed by atoms with E-state index in [1.807, 2.05) is 0 Å². The Morgan fingerprint density at radius 1 is 0.857 bits per heavy atom. The fourth-order valence-corrected chi connectivity index (χ4v) is 1.93. The van der Waals surface area contributed by atoms with E-state index in [9.17, 15) is 14.4 Å². The molecule has 4 aliphatic heterocycles. The average molecular weight is 284 g/mol. The maximum absolute atomic E-state index is 12.0. The van der Waals surface area contributed by atoms with Gasteiger partial charge in [0, 0.05) is 0 Å². The zero-order valence-electron chi connectivity index (χ0n) is 10.5. The van der Waals surface area contributed by atoms with Crippen molar-refractivity contribution >= 4 is 17.9 Å². The molecular weight excluding hydrogens is 276 g/mol. The predicted octanol–water partition coefficient (Wildman–Crippen LogP) is 2.14. The molecule has 0 aliphatic carbocycles. The summed E-state index contributed by atoms with van der Waals surface area (Å²) in [5.74, 6) is -2.35. The van der Waals surface area contributed by atoms with Crippen molar-refractivity contribution in [2.75, 3.05) is 0 Å². The molecule has 21 heavy (non-hydrogen) atoms. The van der Waals surface area contributed by atoms with E-state index in [4.69, 9.17) is 14.6 Å². The maximum atomic E-state index is 12.0. The maximum Gasteiger partial charge on any atom is 0.344 e. The molecule has 2 aromatic carbocycles. The fraction of sp³-hybridized carbons (Fsp3) is 0. The molecule has 0 saturated carbocycles. The summed E-state index contributed by atoms with van der Waals surface area (Å²) in [4.78, 5) is 35.2. The fourth-order valence-electron chi connectivity index (χ4n) is 1.93. The van der Waals surface area contributed by atoms with Crippen LogP contribution in [0.1, 0.15) is 31.1 Å². The Morgan fingerprint density at radius 2 is 1.43 bits per heavy atom. The van der Waals surface area contributed by atoms with Crippen LogP contribution >= 0.6 is 0 Å². The first-order valence-corrected chi connectivity index (χ1v) is 5.96. The second-order valence-electron chi connectivity index (χ2n) is 4.32. The summed E-state index contributed by atoms with van der Waals surface area (Å²) >= 11 is 0. The number of esters is 2. The van der Waals surface area contributed by atoms with Crippen LogP contribution in [0.3, 0.4) is 0 Å². The predicted molar refractivity (Wildman–Crippen MR) is 69.8 cm³/mol.